The molecule has 1 amide bonds. The maximum absolute atomic E-state index is 13.9. The Morgan fingerprint density at radius 1 is 1.25 bits per heavy atom. The molecule has 0 spiro atoms. The highest BCUT2D eigenvalue weighted by Gasteiger charge is 2.27. The number of nitrogens with zero attached hydrogens (tertiary/aromatic N) is 2. The van der Waals surface area contributed by atoms with Gasteiger partial charge in [-0.15, -0.1) is 0 Å². The zero-order valence-corrected chi connectivity index (χ0v) is 13.5. The van der Waals surface area contributed by atoms with Gasteiger partial charge in [-0.3, -0.25) is 4.79 Å². The lowest BCUT2D eigenvalue weighted by Gasteiger charge is -2.23. The molecule has 0 fully saturated rings. The van der Waals surface area contributed by atoms with E-state index in [1.807, 2.05) is 6.07 Å². The summed E-state index contributed by atoms with van der Waals surface area (Å²) in [4.78, 5) is 16.9. The number of hydrogen-bond donors (Lipinski definition) is 0. The summed E-state index contributed by atoms with van der Waals surface area (Å²) in [7, 11) is 1.68. The molecule has 122 valence electrons. The largest absolute Gasteiger partial charge is 0.485 e. The smallest absolute Gasteiger partial charge is 0.292 e. The number of aromatic nitrogens is 1. The van der Waals surface area contributed by atoms with Crippen molar-refractivity contribution in [3.63, 3.8) is 0 Å². The first kappa shape index (κ1) is 14.9. The van der Waals surface area contributed by atoms with Crippen molar-refractivity contribution < 1.29 is 18.7 Å². The summed E-state index contributed by atoms with van der Waals surface area (Å²) in [6.45, 7) is 0.0995. The van der Waals surface area contributed by atoms with Crippen LogP contribution in [0, 0.1) is 5.82 Å². The van der Waals surface area contributed by atoms with Crippen molar-refractivity contribution in [2.75, 3.05) is 6.61 Å². The van der Waals surface area contributed by atoms with Gasteiger partial charge < -0.3 is 14.0 Å². The molecule has 1 aliphatic heterocycles. The van der Waals surface area contributed by atoms with Crippen molar-refractivity contribution >= 4 is 27.5 Å². The van der Waals surface area contributed by atoms with Crippen molar-refractivity contribution in [1.82, 2.24) is 4.57 Å². The zero-order valence-electron chi connectivity index (χ0n) is 12.7. The lowest BCUT2D eigenvalue weighted by atomic mass is 10.2. The number of carbonyl (C=O) groups is 1. The number of thiazole rings is 1. The molecule has 3 aromatic rings. The van der Waals surface area contributed by atoms with E-state index < -0.39 is 12.0 Å². The Balaban J connectivity index is 1.68. The third-order valence-electron chi connectivity index (χ3n) is 3.76. The number of ether oxygens (including phenoxy) is 2. The highest BCUT2D eigenvalue weighted by atomic mass is 32.1. The standard InChI is InChI=1S/C17H13FN2O3S/c1-20-15-10(18)5-4-8-14(15)24-17(20)19-16(21)13-9-22-11-6-2-3-7-12(11)23-13/h2-8,13H,9H2,1H3. The number of hydrogen-bond acceptors (Lipinski definition) is 4. The van der Waals surface area contributed by atoms with Gasteiger partial charge in [-0.1, -0.05) is 29.5 Å². The van der Waals surface area contributed by atoms with Gasteiger partial charge in [0.25, 0.3) is 5.91 Å². The quantitative estimate of drug-likeness (QED) is 0.682. The molecule has 1 aromatic heterocycles. The molecule has 0 radical (unpaired) electrons. The molecular formula is C17H13FN2O3S. The van der Waals surface area contributed by atoms with Gasteiger partial charge in [0.15, 0.2) is 16.3 Å². The third kappa shape index (κ3) is 2.46. The number of para-hydroxylation sites is 3. The molecule has 7 heteroatoms. The van der Waals surface area contributed by atoms with E-state index in [1.165, 1.54) is 17.4 Å². The summed E-state index contributed by atoms with van der Waals surface area (Å²) in [6.07, 6.45) is -0.810. The van der Waals surface area contributed by atoms with Gasteiger partial charge in [0.05, 0.1) is 10.2 Å². The van der Waals surface area contributed by atoms with Crippen molar-refractivity contribution in [3.05, 3.63) is 53.1 Å². The summed E-state index contributed by atoms with van der Waals surface area (Å²) < 4.78 is 27.4. The number of carbonyl (C=O) groups excluding carboxylic acids is 1. The van der Waals surface area contributed by atoms with Gasteiger partial charge in [0, 0.05) is 7.05 Å². The van der Waals surface area contributed by atoms with Crippen LogP contribution in [-0.4, -0.2) is 23.2 Å². The second kappa shape index (κ2) is 5.76. The molecule has 1 unspecified atom stereocenters. The number of rotatable bonds is 1. The minimum atomic E-state index is -0.810. The second-order valence-corrected chi connectivity index (χ2v) is 6.35. The zero-order chi connectivity index (χ0) is 16.7. The van der Waals surface area contributed by atoms with E-state index >= 15 is 0 Å². The lowest BCUT2D eigenvalue weighted by molar-refractivity contribution is -0.127. The van der Waals surface area contributed by atoms with Crippen LogP contribution >= 0.6 is 11.3 Å². The van der Waals surface area contributed by atoms with Crippen LogP contribution in [0.15, 0.2) is 47.5 Å². The molecular weight excluding hydrogens is 331 g/mol. The van der Waals surface area contributed by atoms with Crippen LogP contribution in [0.25, 0.3) is 10.2 Å². The molecule has 2 heterocycles. The highest BCUT2D eigenvalue weighted by molar-refractivity contribution is 7.16. The summed E-state index contributed by atoms with van der Waals surface area (Å²) in [5, 5.41) is 0. The van der Waals surface area contributed by atoms with E-state index in [2.05, 4.69) is 4.99 Å². The van der Waals surface area contributed by atoms with Gasteiger partial charge in [-0.25, -0.2) is 4.39 Å². The van der Waals surface area contributed by atoms with Crippen molar-refractivity contribution in [2.45, 2.75) is 6.10 Å². The minimum absolute atomic E-state index is 0.0995. The van der Waals surface area contributed by atoms with Gasteiger partial charge in [0.1, 0.15) is 12.4 Å². The SMILES string of the molecule is Cn1c(=NC(=O)C2COc3ccccc3O2)sc2cccc(F)c21. The van der Waals surface area contributed by atoms with Crippen LogP contribution in [0.2, 0.25) is 0 Å². The van der Waals surface area contributed by atoms with Gasteiger partial charge >= 0.3 is 0 Å². The third-order valence-corrected chi connectivity index (χ3v) is 4.86. The van der Waals surface area contributed by atoms with Crippen LogP contribution in [0.3, 0.4) is 0 Å². The molecule has 4 rings (SSSR count). The Morgan fingerprint density at radius 3 is 2.83 bits per heavy atom. The van der Waals surface area contributed by atoms with Gasteiger partial charge in [-0.2, -0.15) is 4.99 Å². The van der Waals surface area contributed by atoms with Crippen molar-refractivity contribution in [1.29, 1.82) is 0 Å². The van der Waals surface area contributed by atoms with E-state index in [4.69, 9.17) is 9.47 Å². The molecule has 1 aliphatic rings. The Bertz CT molecular complexity index is 1010. The molecule has 0 N–H and O–H groups in total. The fraction of sp³-hybridized carbons (Fsp3) is 0.176. The maximum atomic E-state index is 13.9. The van der Waals surface area contributed by atoms with Crippen LogP contribution in [-0.2, 0) is 11.8 Å². The monoisotopic (exact) mass is 344 g/mol. The number of fused-ring (bicyclic) bond motifs is 2. The summed E-state index contributed by atoms with van der Waals surface area (Å²) in [6, 6.07) is 12.0. The number of amides is 1. The first-order valence-corrected chi connectivity index (χ1v) is 8.16. The molecule has 1 atom stereocenters. The van der Waals surface area contributed by atoms with Crippen LogP contribution in [0.5, 0.6) is 11.5 Å². The van der Waals surface area contributed by atoms with Gasteiger partial charge in [-0.05, 0) is 24.3 Å². The fourth-order valence-corrected chi connectivity index (χ4v) is 3.61. The van der Waals surface area contributed by atoms with Crippen molar-refractivity contribution in [3.8, 4) is 11.5 Å². The lowest BCUT2D eigenvalue weighted by Crippen LogP contribution is -2.36. The molecule has 0 saturated heterocycles. The molecule has 5 nitrogen and oxygen atoms in total. The van der Waals surface area contributed by atoms with Crippen LogP contribution < -0.4 is 14.3 Å². The number of halogens is 1. The Hall–Kier alpha value is -2.67. The van der Waals surface area contributed by atoms with E-state index in [0.717, 1.165) is 4.70 Å². The Kier molecular flexibility index (Phi) is 3.57. The predicted octanol–water partition coefficient (Wildman–Crippen LogP) is 2.65. The molecule has 24 heavy (non-hydrogen) atoms. The molecule has 0 saturated carbocycles. The topological polar surface area (TPSA) is 52.8 Å². The average molecular weight is 344 g/mol. The first-order chi connectivity index (χ1) is 11.6. The molecule has 0 aliphatic carbocycles. The summed E-state index contributed by atoms with van der Waals surface area (Å²) in [5.41, 5.74) is 0.431. The number of benzene rings is 2. The summed E-state index contributed by atoms with van der Waals surface area (Å²) in [5.74, 6) is 0.332. The van der Waals surface area contributed by atoms with Gasteiger partial charge in [0.2, 0.25) is 6.10 Å². The molecule has 0 bridgehead atoms. The van der Waals surface area contributed by atoms with Crippen LogP contribution in [0.4, 0.5) is 4.39 Å². The second-order valence-electron chi connectivity index (χ2n) is 5.34. The van der Waals surface area contributed by atoms with E-state index in [1.54, 1.807) is 41.9 Å². The Labute approximate surface area is 140 Å². The fourth-order valence-electron chi connectivity index (χ4n) is 2.57. The average Bonchev–Trinajstić information content (AvgIpc) is 2.91. The van der Waals surface area contributed by atoms with Crippen LogP contribution in [0.1, 0.15) is 0 Å². The first-order valence-electron chi connectivity index (χ1n) is 7.34. The normalized spacial score (nSPS) is 17.2. The van der Waals surface area contributed by atoms with E-state index in [9.17, 15) is 9.18 Å². The maximum Gasteiger partial charge on any atom is 0.292 e. The highest BCUT2D eigenvalue weighted by Crippen LogP contribution is 2.31. The van der Waals surface area contributed by atoms with E-state index in [0.29, 0.717) is 21.8 Å². The van der Waals surface area contributed by atoms with Crippen molar-refractivity contribution in [2.24, 2.45) is 12.0 Å². The predicted molar refractivity (Wildman–Crippen MR) is 87.7 cm³/mol. The molecule has 2 aromatic carbocycles. The Morgan fingerprint density at radius 2 is 2.04 bits per heavy atom. The van der Waals surface area contributed by atoms with E-state index in [-0.39, 0.29) is 12.4 Å². The number of aryl methyl sites for hydroxylation is 1. The minimum Gasteiger partial charge on any atom is -0.485 e. The summed E-state index contributed by atoms with van der Waals surface area (Å²) >= 11 is 1.26.